The average Bonchev–Trinajstić information content (AvgIpc) is 2.27. The third kappa shape index (κ3) is 6.93. The zero-order valence-electron chi connectivity index (χ0n) is 14.4. The molecule has 5 nitrogen and oxygen atoms in total. The largest absolute Gasteiger partial charge is 0.353 e. The summed E-state index contributed by atoms with van der Waals surface area (Å²) in [4.78, 5) is 26.0. The second-order valence-corrected chi connectivity index (χ2v) is 8.07. The van der Waals surface area contributed by atoms with E-state index in [9.17, 15) is 9.59 Å². The fourth-order valence-corrected chi connectivity index (χ4v) is 2.30. The van der Waals surface area contributed by atoms with Gasteiger partial charge in [0.1, 0.15) is 0 Å². The molecule has 1 fully saturated rings. The van der Waals surface area contributed by atoms with Crippen LogP contribution in [0.25, 0.3) is 0 Å². The number of piperidine rings is 1. The van der Waals surface area contributed by atoms with Crippen molar-refractivity contribution in [3.63, 3.8) is 0 Å². The van der Waals surface area contributed by atoms with E-state index in [0.29, 0.717) is 6.54 Å². The Balaban J connectivity index is 2.33. The summed E-state index contributed by atoms with van der Waals surface area (Å²) in [7, 11) is 0. The van der Waals surface area contributed by atoms with Crippen LogP contribution in [0.5, 0.6) is 0 Å². The number of hydrogen-bond acceptors (Lipinski definition) is 3. The van der Waals surface area contributed by atoms with Gasteiger partial charge < -0.3 is 10.6 Å². The van der Waals surface area contributed by atoms with Crippen LogP contribution in [0.3, 0.4) is 0 Å². The highest BCUT2D eigenvalue weighted by Crippen LogP contribution is 2.16. The molecule has 0 aromatic heterocycles. The van der Waals surface area contributed by atoms with Gasteiger partial charge in [0.2, 0.25) is 11.8 Å². The molecule has 0 atom stereocenters. The molecule has 5 heteroatoms. The zero-order chi connectivity index (χ0) is 16.3. The van der Waals surface area contributed by atoms with E-state index in [-0.39, 0.29) is 28.8 Å². The molecule has 1 aliphatic rings. The van der Waals surface area contributed by atoms with E-state index in [1.54, 1.807) is 0 Å². The number of carbonyl (C=O) groups excluding carboxylic acids is 2. The van der Waals surface area contributed by atoms with Gasteiger partial charge >= 0.3 is 0 Å². The minimum absolute atomic E-state index is 0.0691. The van der Waals surface area contributed by atoms with Gasteiger partial charge in [-0.15, -0.1) is 0 Å². The summed E-state index contributed by atoms with van der Waals surface area (Å²) in [6.45, 7) is 13.9. The van der Waals surface area contributed by atoms with Crippen molar-refractivity contribution in [2.45, 2.75) is 66.0 Å². The van der Waals surface area contributed by atoms with Gasteiger partial charge in [0, 0.05) is 30.1 Å². The van der Waals surface area contributed by atoms with Gasteiger partial charge in [-0.25, -0.2) is 0 Å². The maximum atomic E-state index is 12.0. The van der Waals surface area contributed by atoms with Crippen molar-refractivity contribution >= 4 is 11.8 Å². The molecule has 1 rings (SSSR count). The highest BCUT2D eigenvalue weighted by molar-refractivity contribution is 5.81. The Bertz CT molecular complexity index is 372. The Kier molecular flexibility index (Phi) is 5.79. The Morgan fingerprint density at radius 1 is 1.05 bits per heavy atom. The molecule has 2 N–H and O–H groups in total. The molecule has 1 aliphatic heterocycles. The van der Waals surface area contributed by atoms with E-state index < -0.39 is 0 Å². The average molecular weight is 297 g/mol. The highest BCUT2D eigenvalue weighted by atomic mass is 16.2. The first-order valence-corrected chi connectivity index (χ1v) is 7.82. The lowest BCUT2D eigenvalue weighted by Crippen LogP contribution is -2.51. The van der Waals surface area contributed by atoms with Crippen LogP contribution in [-0.4, -0.2) is 47.9 Å². The third-order valence-corrected chi connectivity index (χ3v) is 3.49. The molecule has 0 unspecified atom stereocenters. The first-order valence-electron chi connectivity index (χ1n) is 7.82. The van der Waals surface area contributed by atoms with Crippen LogP contribution in [0.1, 0.15) is 54.4 Å². The molecular weight excluding hydrogens is 266 g/mol. The standard InChI is InChI=1S/C16H31N3O2/c1-15(2,3)14(21)17-12-7-9-19(10-8-12)11-13(20)18-16(4,5)6/h12H,7-11H2,1-6H3,(H,17,21)(H,18,20). The molecule has 122 valence electrons. The van der Waals surface area contributed by atoms with Crippen LogP contribution in [0.15, 0.2) is 0 Å². The summed E-state index contributed by atoms with van der Waals surface area (Å²) in [6, 6.07) is 0.235. The normalized spacial score (nSPS) is 18.4. The lowest BCUT2D eigenvalue weighted by molar-refractivity contribution is -0.130. The van der Waals surface area contributed by atoms with Crippen LogP contribution in [0.4, 0.5) is 0 Å². The van der Waals surface area contributed by atoms with E-state index in [2.05, 4.69) is 15.5 Å². The van der Waals surface area contributed by atoms with Crippen LogP contribution in [-0.2, 0) is 9.59 Å². The second-order valence-electron chi connectivity index (χ2n) is 8.07. The number of likely N-dealkylation sites (tertiary alicyclic amines) is 1. The summed E-state index contributed by atoms with van der Waals surface area (Å²) in [5, 5.41) is 6.08. The molecule has 0 saturated carbocycles. The third-order valence-electron chi connectivity index (χ3n) is 3.49. The van der Waals surface area contributed by atoms with E-state index in [0.717, 1.165) is 25.9 Å². The number of nitrogens with zero attached hydrogens (tertiary/aromatic N) is 1. The van der Waals surface area contributed by atoms with Gasteiger partial charge in [-0.3, -0.25) is 14.5 Å². The predicted molar refractivity (Wildman–Crippen MR) is 85.0 cm³/mol. The van der Waals surface area contributed by atoms with Crippen molar-refractivity contribution < 1.29 is 9.59 Å². The fraction of sp³-hybridized carbons (Fsp3) is 0.875. The first-order chi connectivity index (χ1) is 9.47. The lowest BCUT2D eigenvalue weighted by Gasteiger charge is -2.34. The number of amides is 2. The van der Waals surface area contributed by atoms with Gasteiger partial charge in [-0.05, 0) is 33.6 Å². The molecule has 1 saturated heterocycles. The van der Waals surface area contributed by atoms with Crippen LogP contribution in [0.2, 0.25) is 0 Å². The maximum Gasteiger partial charge on any atom is 0.234 e. The minimum atomic E-state index is -0.344. The summed E-state index contributed by atoms with van der Waals surface area (Å²) < 4.78 is 0. The first kappa shape index (κ1) is 18.0. The van der Waals surface area contributed by atoms with Gasteiger partial charge in [0.15, 0.2) is 0 Å². The molecule has 0 aromatic carbocycles. The molecule has 0 bridgehead atoms. The maximum absolute atomic E-state index is 12.0. The number of rotatable bonds is 3. The second kappa shape index (κ2) is 6.77. The van der Waals surface area contributed by atoms with Crippen LogP contribution >= 0.6 is 0 Å². The topological polar surface area (TPSA) is 61.4 Å². The number of nitrogens with one attached hydrogen (secondary N) is 2. The summed E-state index contributed by atoms with van der Waals surface area (Å²) in [5.74, 6) is 0.172. The van der Waals surface area contributed by atoms with Crippen LogP contribution in [0, 0.1) is 5.41 Å². The van der Waals surface area contributed by atoms with Gasteiger partial charge in [-0.2, -0.15) is 0 Å². The minimum Gasteiger partial charge on any atom is -0.353 e. The highest BCUT2D eigenvalue weighted by Gasteiger charge is 2.27. The molecule has 21 heavy (non-hydrogen) atoms. The lowest BCUT2D eigenvalue weighted by atomic mass is 9.94. The van der Waals surface area contributed by atoms with Crippen molar-refractivity contribution in [3.8, 4) is 0 Å². The Morgan fingerprint density at radius 2 is 1.57 bits per heavy atom. The van der Waals surface area contributed by atoms with Crippen molar-refractivity contribution in [1.29, 1.82) is 0 Å². The smallest absolute Gasteiger partial charge is 0.234 e. The molecule has 1 heterocycles. The SMILES string of the molecule is CC(C)(C)NC(=O)CN1CCC(NC(=O)C(C)(C)C)CC1. The Labute approximate surface area is 128 Å². The Hall–Kier alpha value is -1.10. The quantitative estimate of drug-likeness (QED) is 0.830. The molecule has 0 spiro atoms. The van der Waals surface area contributed by atoms with Gasteiger partial charge in [0.25, 0.3) is 0 Å². The van der Waals surface area contributed by atoms with Crippen molar-refractivity contribution in [3.05, 3.63) is 0 Å². The number of carbonyl (C=O) groups is 2. The van der Waals surface area contributed by atoms with Crippen molar-refractivity contribution in [2.75, 3.05) is 19.6 Å². The monoisotopic (exact) mass is 297 g/mol. The molecule has 0 aliphatic carbocycles. The van der Waals surface area contributed by atoms with E-state index in [1.165, 1.54) is 0 Å². The summed E-state index contributed by atoms with van der Waals surface area (Å²) >= 11 is 0. The van der Waals surface area contributed by atoms with Crippen molar-refractivity contribution in [1.82, 2.24) is 15.5 Å². The van der Waals surface area contributed by atoms with E-state index in [4.69, 9.17) is 0 Å². The van der Waals surface area contributed by atoms with Gasteiger partial charge in [0.05, 0.1) is 6.54 Å². The van der Waals surface area contributed by atoms with Crippen molar-refractivity contribution in [2.24, 2.45) is 5.41 Å². The summed E-state index contributed by atoms with van der Waals surface area (Å²) in [5.41, 5.74) is -0.528. The molecule has 2 amide bonds. The summed E-state index contributed by atoms with van der Waals surface area (Å²) in [6.07, 6.45) is 1.81. The zero-order valence-corrected chi connectivity index (χ0v) is 14.4. The van der Waals surface area contributed by atoms with Crippen LogP contribution < -0.4 is 10.6 Å². The molecule has 0 aromatic rings. The Morgan fingerprint density at radius 3 is 2.00 bits per heavy atom. The predicted octanol–water partition coefficient (Wildman–Crippen LogP) is 1.53. The van der Waals surface area contributed by atoms with Gasteiger partial charge in [-0.1, -0.05) is 20.8 Å². The molecular formula is C16H31N3O2. The van der Waals surface area contributed by atoms with E-state index >= 15 is 0 Å². The fourth-order valence-electron chi connectivity index (χ4n) is 2.30. The molecule has 0 radical (unpaired) electrons. The van der Waals surface area contributed by atoms with E-state index in [1.807, 2.05) is 41.5 Å². The number of hydrogen-bond donors (Lipinski definition) is 2.